The first-order chi connectivity index (χ1) is 14.0. The van der Waals surface area contributed by atoms with Gasteiger partial charge in [0.05, 0.1) is 25.0 Å². The Morgan fingerprint density at radius 2 is 1.62 bits per heavy atom. The second kappa shape index (κ2) is 8.55. The summed E-state index contributed by atoms with van der Waals surface area (Å²) in [7, 11) is -3.71. The Bertz CT molecular complexity index is 1120. The van der Waals surface area contributed by atoms with Crippen LogP contribution in [-0.2, 0) is 10.0 Å². The number of fused-ring (bicyclic) bond motifs is 1. The van der Waals surface area contributed by atoms with Crippen molar-refractivity contribution < 1.29 is 13.2 Å². The first-order valence-corrected chi connectivity index (χ1v) is 10.2. The van der Waals surface area contributed by atoms with Gasteiger partial charge in [0.25, 0.3) is 15.9 Å². The molecule has 0 aromatic heterocycles. The van der Waals surface area contributed by atoms with Crippen LogP contribution in [0.5, 0.6) is 0 Å². The molecule has 0 unspecified atom stereocenters. The number of amides is 1. The number of nitrogens with zero attached hydrogens (tertiary/aromatic N) is 4. The molecule has 9 heteroatoms. The van der Waals surface area contributed by atoms with Gasteiger partial charge in [-0.1, -0.05) is 12.1 Å². The molecule has 1 aliphatic heterocycles. The van der Waals surface area contributed by atoms with E-state index in [2.05, 4.69) is 9.71 Å². The van der Waals surface area contributed by atoms with Crippen LogP contribution in [0.2, 0.25) is 0 Å². The van der Waals surface area contributed by atoms with Crippen molar-refractivity contribution in [3.63, 3.8) is 0 Å². The molecule has 1 aliphatic rings. The number of benzene rings is 2. The van der Waals surface area contributed by atoms with E-state index in [-0.39, 0.29) is 42.6 Å². The molecule has 146 valence electrons. The van der Waals surface area contributed by atoms with Gasteiger partial charge in [-0.15, -0.1) is 4.40 Å². The normalized spacial score (nSPS) is 13.5. The number of carbonyl (C=O) groups is 1. The molecule has 1 N–H and O–H groups in total. The van der Waals surface area contributed by atoms with Gasteiger partial charge in [0.15, 0.2) is 5.84 Å². The van der Waals surface area contributed by atoms with E-state index in [4.69, 9.17) is 10.5 Å². The molecule has 0 spiro atoms. The molecule has 0 radical (unpaired) electrons. The maximum atomic E-state index is 12.6. The standard InChI is InChI=1S/C20H17N5O3S/c21-11-3-13-25(14-4-12-22)20(26)15-7-9-16(10-8-15)23-19-17-5-1-2-6-18(17)29(27,28)24-19/h1-2,5-10H,3-4,13-14H2,(H,23,24). The van der Waals surface area contributed by atoms with Crippen molar-refractivity contribution in [1.29, 1.82) is 10.5 Å². The fourth-order valence-corrected chi connectivity index (χ4v) is 4.07. The number of hydrogen-bond acceptors (Lipinski definition) is 6. The molecule has 0 saturated heterocycles. The van der Waals surface area contributed by atoms with Crippen molar-refractivity contribution >= 4 is 27.5 Å². The van der Waals surface area contributed by atoms with Crippen LogP contribution in [-0.4, -0.2) is 38.2 Å². The van der Waals surface area contributed by atoms with Crippen LogP contribution in [0.25, 0.3) is 0 Å². The molecule has 29 heavy (non-hydrogen) atoms. The lowest BCUT2D eigenvalue weighted by molar-refractivity contribution is 0.0762. The largest absolute Gasteiger partial charge is 0.339 e. The highest BCUT2D eigenvalue weighted by Gasteiger charge is 2.28. The first kappa shape index (κ1) is 20.1. The van der Waals surface area contributed by atoms with Crippen LogP contribution >= 0.6 is 0 Å². The number of carbonyl (C=O) groups excluding carboxylic acids is 1. The van der Waals surface area contributed by atoms with E-state index in [0.717, 1.165) is 0 Å². The molecule has 1 amide bonds. The van der Waals surface area contributed by atoms with E-state index in [1.54, 1.807) is 42.5 Å². The van der Waals surface area contributed by atoms with Gasteiger partial charge in [0.1, 0.15) is 4.90 Å². The quantitative estimate of drug-likeness (QED) is 0.784. The Balaban J connectivity index is 1.76. The predicted molar refractivity (Wildman–Crippen MR) is 107 cm³/mol. The summed E-state index contributed by atoms with van der Waals surface area (Å²) < 4.78 is 28.0. The molecule has 2 aromatic rings. The van der Waals surface area contributed by atoms with E-state index in [1.807, 2.05) is 12.1 Å². The number of anilines is 1. The summed E-state index contributed by atoms with van der Waals surface area (Å²) in [6.07, 6.45) is 0.370. The summed E-state index contributed by atoms with van der Waals surface area (Å²) in [6, 6.07) is 17.0. The Morgan fingerprint density at radius 1 is 1.00 bits per heavy atom. The lowest BCUT2D eigenvalue weighted by atomic mass is 10.1. The fraction of sp³-hybridized carbons (Fsp3) is 0.200. The van der Waals surface area contributed by atoms with Gasteiger partial charge in [0, 0.05) is 29.9 Å². The predicted octanol–water partition coefficient (Wildman–Crippen LogP) is 2.52. The number of amidine groups is 1. The molecule has 0 saturated carbocycles. The first-order valence-electron chi connectivity index (χ1n) is 8.81. The minimum atomic E-state index is -3.71. The number of nitriles is 2. The molecule has 0 atom stereocenters. The third kappa shape index (κ3) is 4.42. The average molecular weight is 407 g/mol. The number of hydrogen-bond donors (Lipinski definition) is 1. The highest BCUT2D eigenvalue weighted by atomic mass is 32.2. The minimum Gasteiger partial charge on any atom is -0.339 e. The summed E-state index contributed by atoms with van der Waals surface area (Å²) in [6.45, 7) is 0.505. The molecule has 0 aliphatic carbocycles. The number of sulfonamides is 1. The molecule has 0 fully saturated rings. The molecule has 3 rings (SSSR count). The second-order valence-corrected chi connectivity index (χ2v) is 7.79. The van der Waals surface area contributed by atoms with Gasteiger partial charge < -0.3 is 10.2 Å². The lowest BCUT2D eigenvalue weighted by Gasteiger charge is -2.20. The zero-order valence-electron chi connectivity index (χ0n) is 15.4. The van der Waals surface area contributed by atoms with Crippen LogP contribution in [0.3, 0.4) is 0 Å². The molecule has 2 aromatic carbocycles. The number of rotatable bonds is 6. The van der Waals surface area contributed by atoms with Gasteiger partial charge in [-0.2, -0.15) is 18.9 Å². The molecule has 8 nitrogen and oxygen atoms in total. The van der Waals surface area contributed by atoms with Crippen molar-refractivity contribution in [2.45, 2.75) is 17.7 Å². The van der Waals surface area contributed by atoms with E-state index in [1.165, 1.54) is 11.0 Å². The van der Waals surface area contributed by atoms with Crippen molar-refractivity contribution in [2.24, 2.45) is 4.40 Å². The SMILES string of the molecule is N#CCCN(CCC#N)C(=O)c1ccc(NC2=NS(=O)(=O)c3ccccc32)cc1. The Kier molecular flexibility index (Phi) is 5.91. The zero-order valence-corrected chi connectivity index (χ0v) is 16.2. The van der Waals surface area contributed by atoms with Gasteiger partial charge in [-0.3, -0.25) is 4.79 Å². The summed E-state index contributed by atoms with van der Waals surface area (Å²) in [5.74, 6) is -0.0440. The van der Waals surface area contributed by atoms with E-state index in [0.29, 0.717) is 16.8 Å². The van der Waals surface area contributed by atoms with E-state index >= 15 is 0 Å². The third-order valence-corrected chi connectivity index (χ3v) is 5.64. The topological polar surface area (TPSA) is 126 Å². The number of nitrogens with one attached hydrogen (secondary N) is 1. The minimum absolute atomic E-state index is 0.153. The molecule has 0 bridgehead atoms. The maximum absolute atomic E-state index is 12.6. The Labute approximate surface area is 168 Å². The van der Waals surface area contributed by atoms with Gasteiger partial charge in [0.2, 0.25) is 0 Å². The summed E-state index contributed by atoms with van der Waals surface area (Å²) in [5, 5.41) is 20.5. The van der Waals surface area contributed by atoms with Crippen molar-refractivity contribution in [3.8, 4) is 12.1 Å². The molecular weight excluding hydrogens is 390 g/mol. The zero-order chi connectivity index (χ0) is 20.9. The van der Waals surface area contributed by atoms with Gasteiger partial charge >= 0.3 is 0 Å². The van der Waals surface area contributed by atoms with Crippen LogP contribution in [0, 0.1) is 22.7 Å². The van der Waals surface area contributed by atoms with Crippen LogP contribution in [0.4, 0.5) is 5.69 Å². The van der Waals surface area contributed by atoms with Crippen molar-refractivity contribution in [1.82, 2.24) is 4.90 Å². The summed E-state index contributed by atoms with van der Waals surface area (Å²) in [5.41, 5.74) is 1.48. The molecular formula is C20H17N5O3S. The fourth-order valence-electron chi connectivity index (χ4n) is 2.90. The van der Waals surface area contributed by atoms with Gasteiger partial charge in [-0.05, 0) is 36.4 Å². The van der Waals surface area contributed by atoms with Crippen LogP contribution < -0.4 is 5.32 Å². The van der Waals surface area contributed by atoms with Crippen molar-refractivity contribution in [3.05, 3.63) is 59.7 Å². The Hall–Kier alpha value is -3.69. The molecule has 1 heterocycles. The van der Waals surface area contributed by atoms with E-state index < -0.39 is 10.0 Å². The summed E-state index contributed by atoms with van der Waals surface area (Å²) >= 11 is 0. The lowest BCUT2D eigenvalue weighted by Crippen LogP contribution is -2.32. The van der Waals surface area contributed by atoms with E-state index in [9.17, 15) is 13.2 Å². The van der Waals surface area contributed by atoms with Gasteiger partial charge in [-0.25, -0.2) is 0 Å². The highest BCUT2D eigenvalue weighted by Crippen LogP contribution is 2.26. The average Bonchev–Trinajstić information content (AvgIpc) is 2.98. The van der Waals surface area contributed by atoms with Crippen LogP contribution in [0.15, 0.2) is 57.8 Å². The maximum Gasteiger partial charge on any atom is 0.285 e. The smallest absolute Gasteiger partial charge is 0.285 e. The highest BCUT2D eigenvalue weighted by molar-refractivity contribution is 7.90. The second-order valence-electron chi connectivity index (χ2n) is 6.22. The monoisotopic (exact) mass is 407 g/mol. The van der Waals surface area contributed by atoms with Crippen molar-refractivity contribution in [2.75, 3.05) is 18.4 Å². The Morgan fingerprint density at radius 3 is 2.24 bits per heavy atom. The third-order valence-electron chi connectivity index (χ3n) is 4.30. The van der Waals surface area contributed by atoms with Crippen LogP contribution in [0.1, 0.15) is 28.8 Å². The summed E-state index contributed by atoms with van der Waals surface area (Å²) in [4.78, 5) is 14.3.